The summed E-state index contributed by atoms with van der Waals surface area (Å²) in [7, 11) is 0. The first kappa shape index (κ1) is 14.8. The van der Waals surface area contributed by atoms with Crippen LogP contribution in [0.15, 0.2) is 36.4 Å². The minimum atomic E-state index is -0.469. The third-order valence-electron chi connectivity index (χ3n) is 2.84. The van der Waals surface area contributed by atoms with Gasteiger partial charge in [0, 0.05) is 10.6 Å². The van der Waals surface area contributed by atoms with Crippen LogP contribution in [-0.4, -0.2) is 6.54 Å². The Morgan fingerprint density at radius 2 is 1.90 bits per heavy atom. The van der Waals surface area contributed by atoms with Gasteiger partial charge in [-0.1, -0.05) is 23.7 Å². The quantitative estimate of drug-likeness (QED) is 0.913. The van der Waals surface area contributed by atoms with Crippen molar-refractivity contribution in [2.24, 2.45) is 5.73 Å². The maximum Gasteiger partial charge on any atom is 0.165 e. The van der Waals surface area contributed by atoms with E-state index in [0.29, 0.717) is 29.1 Å². The van der Waals surface area contributed by atoms with Crippen LogP contribution in [0.2, 0.25) is 5.02 Å². The van der Waals surface area contributed by atoms with E-state index in [1.165, 1.54) is 24.3 Å². The lowest BCUT2D eigenvalue weighted by molar-refractivity contribution is 0.286. The lowest BCUT2D eigenvalue weighted by Crippen LogP contribution is -2.07. The number of nitrogens with two attached hydrogens (primary N) is 1. The monoisotopic (exact) mass is 297 g/mol. The van der Waals surface area contributed by atoms with Gasteiger partial charge >= 0.3 is 0 Å². The summed E-state index contributed by atoms with van der Waals surface area (Å²) in [6, 6.07) is 8.63. The van der Waals surface area contributed by atoms with Crippen molar-refractivity contribution in [3.8, 4) is 5.75 Å². The highest BCUT2D eigenvalue weighted by Gasteiger charge is 2.11. The normalized spacial score (nSPS) is 10.6. The van der Waals surface area contributed by atoms with Gasteiger partial charge in [-0.05, 0) is 42.8 Å². The lowest BCUT2D eigenvalue weighted by atomic mass is 10.1. The first-order valence-electron chi connectivity index (χ1n) is 6.16. The van der Waals surface area contributed by atoms with Crippen LogP contribution in [0, 0.1) is 11.6 Å². The summed E-state index contributed by atoms with van der Waals surface area (Å²) < 4.78 is 32.4. The molecule has 0 spiro atoms. The predicted molar refractivity (Wildman–Crippen MR) is 74.9 cm³/mol. The van der Waals surface area contributed by atoms with Crippen molar-refractivity contribution in [1.82, 2.24) is 0 Å². The first-order chi connectivity index (χ1) is 9.61. The number of para-hydroxylation sites is 1. The second-order valence-corrected chi connectivity index (χ2v) is 4.70. The molecule has 0 amide bonds. The lowest BCUT2D eigenvalue weighted by Gasteiger charge is -2.12. The summed E-state index contributed by atoms with van der Waals surface area (Å²) in [6.45, 7) is 0.385. The summed E-state index contributed by atoms with van der Waals surface area (Å²) in [6.07, 6.45) is 0.504. The van der Waals surface area contributed by atoms with Crippen LogP contribution < -0.4 is 10.5 Å². The molecule has 0 heterocycles. The number of ether oxygens (including phenoxy) is 1. The van der Waals surface area contributed by atoms with Crippen LogP contribution >= 0.6 is 11.6 Å². The molecule has 0 aliphatic carbocycles. The molecule has 2 aromatic carbocycles. The van der Waals surface area contributed by atoms with Crippen molar-refractivity contribution in [3.05, 3.63) is 64.2 Å². The average molecular weight is 298 g/mol. The maximum absolute atomic E-state index is 13.8. The molecule has 0 fully saturated rings. The molecule has 106 valence electrons. The molecule has 2 aromatic rings. The molecule has 0 unspecified atom stereocenters. The van der Waals surface area contributed by atoms with Crippen molar-refractivity contribution >= 4 is 11.6 Å². The van der Waals surface area contributed by atoms with E-state index in [-0.39, 0.29) is 12.4 Å². The Morgan fingerprint density at radius 1 is 1.10 bits per heavy atom. The summed E-state index contributed by atoms with van der Waals surface area (Å²) in [5, 5.41) is 0.378. The molecule has 0 saturated heterocycles. The molecule has 0 atom stereocenters. The number of benzene rings is 2. The highest BCUT2D eigenvalue weighted by Crippen LogP contribution is 2.25. The van der Waals surface area contributed by atoms with E-state index < -0.39 is 11.6 Å². The van der Waals surface area contributed by atoms with Crippen molar-refractivity contribution in [2.75, 3.05) is 6.54 Å². The molecule has 0 aromatic heterocycles. The van der Waals surface area contributed by atoms with Crippen LogP contribution in [0.4, 0.5) is 8.78 Å². The second-order valence-electron chi connectivity index (χ2n) is 4.29. The first-order valence-corrected chi connectivity index (χ1v) is 6.54. The number of halogens is 3. The minimum absolute atomic E-state index is 0.00486. The molecule has 0 radical (unpaired) electrons. The van der Waals surface area contributed by atoms with Gasteiger partial charge in [0.1, 0.15) is 12.4 Å². The predicted octanol–water partition coefficient (Wildman–Crippen LogP) is 3.70. The van der Waals surface area contributed by atoms with E-state index in [4.69, 9.17) is 22.1 Å². The number of hydrogen-bond donors (Lipinski definition) is 1. The Kier molecular flexibility index (Phi) is 4.93. The molecular formula is C15H14ClF2NO. The topological polar surface area (TPSA) is 35.2 Å². The van der Waals surface area contributed by atoms with Crippen LogP contribution in [0.25, 0.3) is 0 Å². The van der Waals surface area contributed by atoms with Gasteiger partial charge in [-0.25, -0.2) is 8.78 Å². The van der Waals surface area contributed by atoms with Gasteiger partial charge in [0.15, 0.2) is 11.6 Å². The number of hydrogen-bond acceptors (Lipinski definition) is 2. The molecular weight excluding hydrogens is 284 g/mol. The molecule has 0 aliphatic rings. The third-order valence-corrected chi connectivity index (χ3v) is 3.21. The standard InChI is InChI=1S/C15H14ClF2NO/c16-13-5-4-12(17)8-11(13)9-20-15-10(6-7-19)2-1-3-14(15)18/h1-5,8H,6-7,9,19H2. The van der Waals surface area contributed by atoms with Gasteiger partial charge in [-0.3, -0.25) is 0 Å². The van der Waals surface area contributed by atoms with Crippen LogP contribution in [0.3, 0.4) is 0 Å². The van der Waals surface area contributed by atoms with Crippen LogP contribution in [0.1, 0.15) is 11.1 Å². The van der Waals surface area contributed by atoms with E-state index in [0.717, 1.165) is 0 Å². The third kappa shape index (κ3) is 3.46. The summed E-state index contributed by atoms with van der Waals surface area (Å²) in [5.74, 6) is -0.745. The summed E-state index contributed by atoms with van der Waals surface area (Å²) >= 11 is 5.94. The fraction of sp³-hybridized carbons (Fsp3) is 0.200. The van der Waals surface area contributed by atoms with E-state index in [2.05, 4.69) is 0 Å². The van der Waals surface area contributed by atoms with E-state index in [1.807, 2.05) is 0 Å². The van der Waals surface area contributed by atoms with Gasteiger partial charge < -0.3 is 10.5 Å². The molecule has 0 saturated carbocycles. The van der Waals surface area contributed by atoms with Crippen LogP contribution in [-0.2, 0) is 13.0 Å². The maximum atomic E-state index is 13.8. The van der Waals surface area contributed by atoms with Crippen molar-refractivity contribution in [2.45, 2.75) is 13.0 Å². The molecule has 2 nitrogen and oxygen atoms in total. The molecule has 2 N–H and O–H groups in total. The molecule has 0 bridgehead atoms. The largest absolute Gasteiger partial charge is 0.485 e. The Balaban J connectivity index is 2.20. The highest BCUT2D eigenvalue weighted by molar-refractivity contribution is 6.31. The molecule has 20 heavy (non-hydrogen) atoms. The highest BCUT2D eigenvalue weighted by atomic mass is 35.5. The minimum Gasteiger partial charge on any atom is -0.485 e. The van der Waals surface area contributed by atoms with Crippen LogP contribution in [0.5, 0.6) is 5.75 Å². The van der Waals surface area contributed by atoms with E-state index in [9.17, 15) is 8.78 Å². The van der Waals surface area contributed by atoms with Gasteiger partial charge in [0.25, 0.3) is 0 Å². The smallest absolute Gasteiger partial charge is 0.165 e. The van der Waals surface area contributed by atoms with E-state index >= 15 is 0 Å². The van der Waals surface area contributed by atoms with Gasteiger partial charge in [-0.15, -0.1) is 0 Å². The second kappa shape index (κ2) is 6.68. The van der Waals surface area contributed by atoms with Crippen molar-refractivity contribution < 1.29 is 13.5 Å². The summed E-state index contributed by atoms with van der Waals surface area (Å²) in [4.78, 5) is 0. The zero-order chi connectivity index (χ0) is 14.5. The van der Waals surface area contributed by atoms with Gasteiger partial charge in [0.05, 0.1) is 0 Å². The Hall–Kier alpha value is -1.65. The van der Waals surface area contributed by atoms with E-state index in [1.54, 1.807) is 12.1 Å². The molecule has 5 heteroatoms. The SMILES string of the molecule is NCCc1cccc(F)c1OCc1cc(F)ccc1Cl. The zero-order valence-corrected chi connectivity index (χ0v) is 11.5. The average Bonchev–Trinajstić information content (AvgIpc) is 2.42. The molecule has 2 rings (SSSR count). The fourth-order valence-electron chi connectivity index (χ4n) is 1.87. The van der Waals surface area contributed by atoms with Gasteiger partial charge in [0.2, 0.25) is 0 Å². The van der Waals surface area contributed by atoms with Gasteiger partial charge in [-0.2, -0.15) is 0 Å². The Labute approximate surface area is 121 Å². The fourth-order valence-corrected chi connectivity index (χ4v) is 2.04. The Morgan fingerprint density at radius 3 is 2.65 bits per heavy atom. The zero-order valence-electron chi connectivity index (χ0n) is 10.7. The Bertz CT molecular complexity index is 604. The van der Waals surface area contributed by atoms with Crippen molar-refractivity contribution in [3.63, 3.8) is 0 Å². The summed E-state index contributed by atoms with van der Waals surface area (Å²) in [5.41, 5.74) is 6.63. The molecule has 0 aliphatic heterocycles. The van der Waals surface area contributed by atoms with Crippen molar-refractivity contribution in [1.29, 1.82) is 0 Å². The number of rotatable bonds is 5.